The minimum atomic E-state index is -3.47. The molecule has 4 N–H and O–H groups in total. The summed E-state index contributed by atoms with van der Waals surface area (Å²) in [5, 5.41) is 11.7. The highest BCUT2D eigenvalue weighted by Crippen LogP contribution is 2.23. The number of hydrogen-bond acceptors (Lipinski definition) is 6. The maximum absolute atomic E-state index is 12.0. The Balaban J connectivity index is 2.59. The lowest BCUT2D eigenvalue weighted by atomic mass is 10.2. The fourth-order valence-corrected chi connectivity index (χ4v) is 2.57. The number of nitrogens with zero attached hydrogens (tertiary/aromatic N) is 1. The predicted molar refractivity (Wildman–Crippen MR) is 82.7 cm³/mol. The minimum absolute atomic E-state index is 0.0161. The molecule has 0 saturated heterocycles. The fraction of sp³-hybridized carbons (Fsp3) is 0.538. The van der Waals surface area contributed by atoms with Crippen molar-refractivity contribution in [3.05, 3.63) is 18.2 Å². The van der Waals surface area contributed by atoms with E-state index in [4.69, 9.17) is 15.6 Å². The van der Waals surface area contributed by atoms with Gasteiger partial charge in [-0.2, -0.15) is 0 Å². The van der Waals surface area contributed by atoms with Crippen LogP contribution < -0.4 is 11.1 Å². The molecule has 21 heavy (non-hydrogen) atoms. The highest BCUT2D eigenvalue weighted by atomic mass is 32.2. The number of benzene rings is 1. The van der Waals surface area contributed by atoms with E-state index in [1.807, 2.05) is 0 Å². The Bertz CT molecular complexity index is 546. The first kappa shape index (κ1) is 17.7. The van der Waals surface area contributed by atoms with Crippen LogP contribution in [0.25, 0.3) is 0 Å². The third kappa shape index (κ3) is 5.16. The first-order chi connectivity index (χ1) is 9.89. The van der Waals surface area contributed by atoms with Gasteiger partial charge in [0.25, 0.3) is 0 Å². The lowest BCUT2D eigenvalue weighted by Crippen LogP contribution is -2.22. The number of hydrogen-bond donors (Lipinski definition) is 3. The topological polar surface area (TPSA) is 105 Å². The zero-order valence-corrected chi connectivity index (χ0v) is 13.2. The third-order valence-electron chi connectivity index (χ3n) is 2.82. The van der Waals surface area contributed by atoms with E-state index in [0.29, 0.717) is 31.1 Å². The summed E-state index contributed by atoms with van der Waals surface area (Å²) in [5.41, 5.74) is 6.94. The summed E-state index contributed by atoms with van der Waals surface area (Å²) in [6.45, 7) is 1.54. The molecule has 0 aliphatic carbocycles. The first-order valence-electron chi connectivity index (χ1n) is 6.64. The molecule has 0 fully saturated rings. The monoisotopic (exact) mass is 317 g/mol. The number of aliphatic hydroxyl groups is 1. The highest BCUT2D eigenvalue weighted by Gasteiger charge is 2.17. The van der Waals surface area contributed by atoms with E-state index < -0.39 is 10.0 Å². The third-order valence-corrected chi connectivity index (χ3v) is 4.63. The van der Waals surface area contributed by atoms with Crippen LogP contribution in [0.5, 0.6) is 0 Å². The summed E-state index contributed by atoms with van der Waals surface area (Å²) in [6, 6.07) is 4.62. The van der Waals surface area contributed by atoms with Crippen LogP contribution in [0.1, 0.15) is 6.42 Å². The van der Waals surface area contributed by atoms with E-state index in [9.17, 15) is 8.42 Å². The van der Waals surface area contributed by atoms with Gasteiger partial charge in [0.1, 0.15) is 0 Å². The zero-order valence-electron chi connectivity index (χ0n) is 12.4. The molecule has 1 aromatic rings. The zero-order chi connectivity index (χ0) is 15.9. The summed E-state index contributed by atoms with van der Waals surface area (Å²) >= 11 is 0. The molecule has 0 saturated carbocycles. The van der Waals surface area contributed by atoms with Gasteiger partial charge < -0.3 is 20.9 Å². The van der Waals surface area contributed by atoms with Crippen molar-refractivity contribution in [1.29, 1.82) is 0 Å². The maximum Gasteiger partial charge on any atom is 0.242 e. The number of nitrogens with two attached hydrogens (primary N) is 1. The Morgan fingerprint density at radius 2 is 2.05 bits per heavy atom. The van der Waals surface area contributed by atoms with Crippen molar-refractivity contribution < 1.29 is 18.3 Å². The van der Waals surface area contributed by atoms with E-state index in [1.54, 1.807) is 6.07 Å². The number of nitrogens with one attached hydrogen (secondary N) is 1. The molecule has 8 heteroatoms. The number of rotatable bonds is 9. The molecule has 0 bridgehead atoms. The van der Waals surface area contributed by atoms with Crippen LogP contribution in [0.15, 0.2) is 23.1 Å². The Labute approximate surface area is 125 Å². The smallest absolute Gasteiger partial charge is 0.242 e. The number of ether oxygens (including phenoxy) is 1. The van der Waals surface area contributed by atoms with Crippen molar-refractivity contribution in [3.8, 4) is 0 Å². The van der Waals surface area contributed by atoms with Crippen LogP contribution in [0, 0.1) is 0 Å². The molecule has 1 aromatic carbocycles. The molecule has 1 rings (SSSR count). The molecular formula is C13H23N3O4S. The molecule has 0 aliphatic heterocycles. The number of anilines is 2. The van der Waals surface area contributed by atoms with Gasteiger partial charge in [0.2, 0.25) is 10.0 Å². The maximum atomic E-state index is 12.0. The lowest BCUT2D eigenvalue weighted by Gasteiger charge is -2.14. The summed E-state index contributed by atoms with van der Waals surface area (Å²) in [4.78, 5) is 0.168. The molecule has 0 amide bonds. The predicted octanol–water partition coefficient (Wildman–Crippen LogP) is 0.330. The van der Waals surface area contributed by atoms with Crippen LogP contribution in [-0.2, 0) is 14.8 Å². The second kappa shape index (κ2) is 8.18. The van der Waals surface area contributed by atoms with Gasteiger partial charge in [-0.3, -0.25) is 0 Å². The molecule has 0 spiro atoms. The van der Waals surface area contributed by atoms with Crippen LogP contribution in [0.2, 0.25) is 0 Å². The Morgan fingerprint density at radius 1 is 1.33 bits per heavy atom. The van der Waals surface area contributed by atoms with Crippen molar-refractivity contribution in [1.82, 2.24) is 4.31 Å². The van der Waals surface area contributed by atoms with Gasteiger partial charge in [-0.15, -0.1) is 0 Å². The molecule has 0 aliphatic rings. The Morgan fingerprint density at radius 3 is 2.62 bits per heavy atom. The van der Waals surface area contributed by atoms with Crippen LogP contribution in [0.3, 0.4) is 0 Å². The van der Waals surface area contributed by atoms with Gasteiger partial charge in [0.15, 0.2) is 0 Å². The normalized spacial score (nSPS) is 11.8. The SMILES string of the molecule is CN(C)S(=O)(=O)c1ccc(NCCCOCCO)c(N)c1. The summed E-state index contributed by atoms with van der Waals surface area (Å²) in [6.07, 6.45) is 0.761. The molecule has 120 valence electrons. The lowest BCUT2D eigenvalue weighted by molar-refractivity contribution is 0.0922. The molecule has 0 heterocycles. The average molecular weight is 317 g/mol. The van der Waals surface area contributed by atoms with Gasteiger partial charge in [-0.25, -0.2) is 12.7 Å². The number of sulfonamides is 1. The first-order valence-corrected chi connectivity index (χ1v) is 8.08. The number of aliphatic hydroxyl groups excluding tert-OH is 1. The minimum Gasteiger partial charge on any atom is -0.397 e. The van der Waals surface area contributed by atoms with Crippen LogP contribution in [-0.4, -0.2) is 58.3 Å². The van der Waals surface area contributed by atoms with Crippen molar-refractivity contribution >= 4 is 21.4 Å². The largest absolute Gasteiger partial charge is 0.397 e. The van der Waals surface area contributed by atoms with E-state index in [-0.39, 0.29) is 11.5 Å². The summed E-state index contributed by atoms with van der Waals surface area (Å²) < 4.78 is 30.2. The molecule has 0 aromatic heterocycles. The number of nitrogen functional groups attached to an aromatic ring is 1. The Kier molecular flexibility index (Phi) is 6.90. The van der Waals surface area contributed by atoms with Crippen molar-refractivity contribution in [2.75, 3.05) is 51.5 Å². The van der Waals surface area contributed by atoms with Crippen molar-refractivity contribution in [3.63, 3.8) is 0 Å². The highest BCUT2D eigenvalue weighted by molar-refractivity contribution is 7.89. The summed E-state index contributed by atoms with van der Waals surface area (Å²) in [5.74, 6) is 0. The molecule has 0 atom stereocenters. The van der Waals surface area contributed by atoms with E-state index in [0.717, 1.165) is 10.7 Å². The van der Waals surface area contributed by atoms with Gasteiger partial charge in [0, 0.05) is 27.2 Å². The fourth-order valence-electron chi connectivity index (χ4n) is 1.64. The Hall–Kier alpha value is -1.35. The van der Waals surface area contributed by atoms with E-state index in [1.165, 1.54) is 26.2 Å². The van der Waals surface area contributed by atoms with Crippen molar-refractivity contribution in [2.24, 2.45) is 0 Å². The second-order valence-corrected chi connectivity index (χ2v) is 6.80. The van der Waals surface area contributed by atoms with Gasteiger partial charge in [0.05, 0.1) is 29.5 Å². The van der Waals surface area contributed by atoms with Crippen molar-refractivity contribution in [2.45, 2.75) is 11.3 Å². The average Bonchev–Trinajstić information content (AvgIpc) is 2.43. The standard InChI is InChI=1S/C13H23N3O4S/c1-16(2)21(18,19)11-4-5-13(12(14)10-11)15-6-3-8-20-9-7-17/h4-5,10,15,17H,3,6-9,14H2,1-2H3. The van der Waals surface area contributed by atoms with Crippen LogP contribution in [0.4, 0.5) is 11.4 Å². The summed E-state index contributed by atoms with van der Waals surface area (Å²) in [7, 11) is -0.517. The quantitative estimate of drug-likeness (QED) is 0.448. The molecular weight excluding hydrogens is 294 g/mol. The van der Waals surface area contributed by atoms with Gasteiger partial charge in [-0.1, -0.05) is 0 Å². The second-order valence-electron chi connectivity index (χ2n) is 4.65. The molecule has 7 nitrogen and oxygen atoms in total. The molecule has 0 unspecified atom stereocenters. The van der Waals surface area contributed by atoms with Gasteiger partial charge in [-0.05, 0) is 24.6 Å². The molecule has 0 radical (unpaired) electrons. The van der Waals surface area contributed by atoms with E-state index in [2.05, 4.69) is 5.32 Å². The van der Waals surface area contributed by atoms with Gasteiger partial charge >= 0.3 is 0 Å². The van der Waals surface area contributed by atoms with E-state index >= 15 is 0 Å². The van der Waals surface area contributed by atoms with Crippen LogP contribution >= 0.6 is 0 Å².